The van der Waals surface area contributed by atoms with E-state index in [4.69, 9.17) is 5.73 Å². The molecule has 0 aliphatic carbocycles. The minimum atomic E-state index is -3.79. The summed E-state index contributed by atoms with van der Waals surface area (Å²) in [6.45, 7) is 7.17. The van der Waals surface area contributed by atoms with E-state index in [1.807, 2.05) is 129 Å². The van der Waals surface area contributed by atoms with Crippen LogP contribution in [0.4, 0.5) is 22.7 Å². The van der Waals surface area contributed by atoms with Gasteiger partial charge in [0.15, 0.2) is 0 Å². The lowest BCUT2D eigenvalue weighted by Gasteiger charge is -2.07. The van der Waals surface area contributed by atoms with E-state index in [0.717, 1.165) is 67.5 Å². The number of primary amides is 1. The molecule has 0 aliphatic rings. The molecule has 0 aliphatic heterocycles. The van der Waals surface area contributed by atoms with Crippen LogP contribution < -0.4 is 27.0 Å². The molecule has 0 fully saturated rings. The maximum Gasteiger partial charge on any atom is 0.339 e. The minimum absolute atomic E-state index is 0.0117. The number of thiophene rings is 8. The Morgan fingerprint density at radius 1 is 0.390 bits per heavy atom. The van der Waals surface area contributed by atoms with Crippen LogP contribution in [-0.2, 0) is 9.84 Å². The number of benzene rings is 5. The summed E-state index contributed by atoms with van der Waals surface area (Å²) >= 11 is 23.8. The molecule has 9 N–H and O–H groups in total. The molecule has 5 aromatic carbocycles. The lowest BCUT2D eigenvalue weighted by molar-refractivity contribution is 0.0688. The van der Waals surface area contributed by atoms with Crippen LogP contribution in [0.15, 0.2) is 216 Å². The normalized spacial score (nSPS) is 10.8. The Morgan fingerprint density at radius 3 is 1.17 bits per heavy atom. The van der Waals surface area contributed by atoms with Gasteiger partial charge in [0.05, 0.1) is 72.2 Å². The van der Waals surface area contributed by atoms with Crippen LogP contribution in [0.2, 0.25) is 0 Å². The van der Waals surface area contributed by atoms with Gasteiger partial charge in [0.25, 0.3) is 29.5 Å². The van der Waals surface area contributed by atoms with E-state index in [0.29, 0.717) is 63.0 Å². The zero-order chi connectivity index (χ0) is 75.6. The molecule has 13 aromatic rings. The van der Waals surface area contributed by atoms with Crippen molar-refractivity contribution in [2.24, 2.45) is 5.73 Å². The number of carbonyl (C=O) groups is 8. The van der Waals surface area contributed by atoms with Crippen LogP contribution in [-0.4, -0.2) is 71.2 Å². The summed E-state index contributed by atoms with van der Waals surface area (Å²) < 4.78 is 29.6. The van der Waals surface area contributed by atoms with Gasteiger partial charge >= 0.3 is 17.9 Å². The topological polar surface area (TPSA) is 306 Å². The van der Waals surface area contributed by atoms with Crippen molar-refractivity contribution in [2.75, 3.05) is 21.3 Å². The van der Waals surface area contributed by atoms with Crippen LogP contribution in [0, 0.1) is 27.7 Å². The number of aromatic carboxylic acids is 3. The second-order valence-corrected chi connectivity index (χ2v) is 34.8. The third-order valence-electron chi connectivity index (χ3n) is 15.2. The highest BCUT2D eigenvalue weighted by molar-refractivity contribution is 9.11. The Hall–Kier alpha value is -8.67. The van der Waals surface area contributed by atoms with Gasteiger partial charge in [-0.3, -0.25) is 24.0 Å². The highest BCUT2D eigenvalue weighted by Crippen LogP contribution is 2.44. The Kier molecular flexibility index (Phi) is 26.4. The second-order valence-electron chi connectivity index (χ2n) is 22.2. The first-order valence-electron chi connectivity index (χ1n) is 30.4. The van der Waals surface area contributed by atoms with E-state index < -0.39 is 39.6 Å². The molecule has 0 atom stereocenters. The van der Waals surface area contributed by atoms with Gasteiger partial charge in [0.2, 0.25) is 9.84 Å². The summed E-state index contributed by atoms with van der Waals surface area (Å²) in [5.74, 6) is -5.26. The SMILES string of the molecule is Cc1ccc(S(=O)(=O)c2csc(C(=O)Nc3csc(-c4ccc(Br)cc4)c3C(=O)O)c2C)cc1.Cc1ccsc1C(=O)Nc1csc(-c2ccc(Br)cc2)c1C(N)=O.Cc1ccsc1C(=O)Nc1csc(-c2ccccc2Br)c1C(=O)O.O=C(Nc1csc(-c2ccccc2Br)c1C(=O)O)c1cccs1. The number of carboxylic acid groups (broad SMARTS) is 3. The number of amides is 5. The second kappa shape index (κ2) is 35.2. The predicted octanol–water partition coefficient (Wildman–Crippen LogP) is 22.2. The Labute approximate surface area is 666 Å². The number of anilines is 4. The zero-order valence-electron chi connectivity index (χ0n) is 54.7. The van der Waals surface area contributed by atoms with E-state index in [2.05, 4.69) is 85.0 Å². The molecule has 13 rings (SSSR count). The molecule has 0 radical (unpaired) electrons. The van der Waals surface area contributed by atoms with Crippen LogP contribution in [0.25, 0.3) is 41.8 Å². The van der Waals surface area contributed by atoms with Crippen LogP contribution in [0.5, 0.6) is 0 Å². The first kappa shape index (κ1) is 78.9. The molecule has 0 spiro atoms. The Balaban J connectivity index is 0.000000152. The van der Waals surface area contributed by atoms with Crippen LogP contribution in [0.3, 0.4) is 0 Å². The van der Waals surface area contributed by atoms with Crippen molar-refractivity contribution in [3.63, 3.8) is 0 Å². The summed E-state index contributed by atoms with van der Waals surface area (Å²) in [7, 11) is -3.79. The van der Waals surface area contributed by atoms with Crippen molar-refractivity contribution in [3.05, 3.63) is 271 Å². The smallest absolute Gasteiger partial charge is 0.339 e. The Bertz CT molecular complexity index is 5560. The fourth-order valence-electron chi connectivity index (χ4n) is 10.1. The summed E-state index contributed by atoms with van der Waals surface area (Å²) in [5, 5.41) is 53.5. The molecule has 8 heterocycles. The fraction of sp³-hybridized carbons (Fsp3) is 0.0541. The molecule has 31 heteroatoms. The van der Waals surface area contributed by atoms with Crippen LogP contribution in [0.1, 0.15) is 102 Å². The van der Waals surface area contributed by atoms with Crippen molar-refractivity contribution in [3.8, 4) is 41.8 Å². The summed E-state index contributed by atoms with van der Waals surface area (Å²) in [6.07, 6.45) is 0. The number of rotatable bonds is 18. The van der Waals surface area contributed by atoms with E-state index >= 15 is 0 Å². The maximum absolute atomic E-state index is 13.1. The van der Waals surface area contributed by atoms with E-state index in [9.17, 15) is 62.1 Å². The molecule has 0 unspecified atom stereocenters. The number of hydrogen-bond donors (Lipinski definition) is 8. The number of halogens is 4. The summed E-state index contributed by atoms with van der Waals surface area (Å²) in [4.78, 5) is 102. The minimum Gasteiger partial charge on any atom is -0.478 e. The summed E-state index contributed by atoms with van der Waals surface area (Å²) in [6, 6.07) is 43.3. The molecule has 0 saturated heterocycles. The zero-order valence-corrected chi connectivity index (χ0v) is 68.4. The summed E-state index contributed by atoms with van der Waals surface area (Å²) in [5.41, 5.74) is 13.5. The third-order valence-corrected chi connectivity index (χ3v) is 27.7. The highest BCUT2D eigenvalue weighted by Gasteiger charge is 2.30. The lowest BCUT2D eigenvalue weighted by atomic mass is 10.1. The maximum atomic E-state index is 13.1. The average Bonchev–Trinajstić information content (AvgIpc) is 1.68. The number of aryl methyl sites for hydroxylation is 3. The van der Waals surface area contributed by atoms with E-state index in [1.165, 1.54) is 96.9 Å². The number of carbonyl (C=O) groups excluding carboxylic acids is 5. The number of sulfone groups is 1. The largest absolute Gasteiger partial charge is 0.478 e. The van der Waals surface area contributed by atoms with Crippen molar-refractivity contribution >= 4 is 234 Å². The number of hydrogen-bond acceptors (Lipinski definition) is 18. The molecular weight excluding hydrogens is 1780 g/mol. The molecule has 0 saturated carbocycles. The van der Waals surface area contributed by atoms with Gasteiger partial charge in [0.1, 0.15) is 16.7 Å². The molecular formula is C74H53Br4N5O13S9. The average molecular weight is 1830 g/mol. The lowest BCUT2D eigenvalue weighted by Crippen LogP contribution is -2.17. The molecule has 18 nitrogen and oxygen atoms in total. The quantitative estimate of drug-likeness (QED) is 0.0397. The fourth-order valence-corrected chi connectivity index (χ4v) is 21.0. The molecule has 534 valence electrons. The van der Waals surface area contributed by atoms with E-state index in [-0.39, 0.29) is 54.8 Å². The molecule has 0 bridgehead atoms. The number of nitrogens with two attached hydrogens (primary N) is 1. The van der Waals surface area contributed by atoms with Crippen molar-refractivity contribution in [2.45, 2.75) is 37.5 Å². The standard InChI is InChI=1S/C24H18BrNO5S3.C17H13BrN2O2S2.C17H12BrNO3S2.C16H10BrNO3S2/c1-13-3-9-17(10-4-13)34(30,31)19-12-33-21(14(19)2)23(27)26-18-11-32-22(20(18)24(28)29)15-5-7-16(25)8-6-15;1-9-6-7-23-14(9)17(22)20-12-8-24-15(13(12)16(19)21)10-2-4-11(18)5-3-10;1-9-6-7-23-14(9)16(20)19-12-8-24-15(13(12)17(21)22)10-4-2-3-5-11(10)18;17-10-5-2-1-4-9(10)14-13(16(20)21)11(8-23-14)18-15(19)12-6-3-7-22-12/h3-12H,1-2H3,(H,26,27)(H,28,29);2-8H,1H3,(H2,19,21)(H,20,22);2-8H,1H3,(H,19,20)(H,21,22);1-8H,(H,18,19)(H,20,21). The Morgan fingerprint density at radius 2 is 0.781 bits per heavy atom. The van der Waals surface area contributed by atoms with Gasteiger partial charge in [-0.05, 0) is 138 Å². The van der Waals surface area contributed by atoms with Gasteiger partial charge in [-0.15, -0.1) is 90.7 Å². The van der Waals surface area contributed by atoms with Gasteiger partial charge < -0.3 is 42.3 Å². The highest BCUT2D eigenvalue weighted by atomic mass is 79.9. The first-order valence-corrected chi connectivity index (χ1v) is 42.1. The molecule has 5 amide bonds. The number of nitrogens with one attached hydrogen (secondary N) is 4. The monoisotopic (exact) mass is 1820 g/mol. The van der Waals surface area contributed by atoms with Crippen molar-refractivity contribution < 1.29 is 62.1 Å². The van der Waals surface area contributed by atoms with Gasteiger partial charge in [-0.1, -0.05) is 148 Å². The van der Waals surface area contributed by atoms with Gasteiger partial charge in [-0.25, -0.2) is 22.8 Å². The van der Waals surface area contributed by atoms with Crippen molar-refractivity contribution in [1.82, 2.24) is 0 Å². The van der Waals surface area contributed by atoms with Crippen molar-refractivity contribution in [1.29, 1.82) is 0 Å². The number of carboxylic acids is 3. The van der Waals surface area contributed by atoms with Gasteiger partial charge in [-0.2, -0.15) is 0 Å². The van der Waals surface area contributed by atoms with Crippen LogP contribution >= 0.6 is 154 Å². The van der Waals surface area contributed by atoms with E-state index in [1.54, 1.807) is 70.2 Å². The first-order chi connectivity index (χ1) is 50.1. The third kappa shape index (κ3) is 18.6. The predicted molar refractivity (Wildman–Crippen MR) is 439 cm³/mol. The molecule has 8 aromatic heterocycles. The van der Waals surface area contributed by atoms with Gasteiger partial charge in [0, 0.05) is 60.8 Å². The molecule has 105 heavy (non-hydrogen) atoms.